The molecule has 0 unspecified atom stereocenters. The van der Waals surface area contributed by atoms with Crippen molar-refractivity contribution in [2.24, 2.45) is 0 Å². The third-order valence-electron chi connectivity index (χ3n) is 5.57. The molecular formula is C23H23F3N4O4. The quantitative estimate of drug-likeness (QED) is 0.461. The van der Waals surface area contributed by atoms with Crippen LogP contribution in [0.3, 0.4) is 0 Å². The van der Waals surface area contributed by atoms with Crippen LogP contribution in [0.15, 0.2) is 36.4 Å². The highest BCUT2D eigenvalue weighted by molar-refractivity contribution is 6.00. The van der Waals surface area contributed by atoms with Crippen molar-refractivity contribution in [1.82, 2.24) is 20.6 Å². The standard InChI is InChI=1S/C21H22N4O2.C2HF3O2/c26-21-16-11-18(24-17(16)8-10-23-21)15-5-1-3-13-6-7-19(25-20(13)15)27-14-4-2-9-22-12-14;3-2(4,5)1(6)7/h1,3,5-7,11,14,22,24H,2,4,8-10,12H2,(H,23,26);(H,6,7)/t14-;/m1./s1. The fourth-order valence-corrected chi connectivity index (χ4v) is 3.94. The van der Waals surface area contributed by atoms with Gasteiger partial charge in [-0.15, -0.1) is 0 Å². The summed E-state index contributed by atoms with van der Waals surface area (Å²) in [4.78, 5) is 29.2. The maximum Gasteiger partial charge on any atom is 0.490 e. The molecule has 11 heteroatoms. The molecule has 5 rings (SSSR count). The number of rotatable bonds is 3. The van der Waals surface area contributed by atoms with E-state index in [1.165, 1.54) is 0 Å². The van der Waals surface area contributed by atoms with E-state index in [1.54, 1.807) is 0 Å². The number of alkyl halides is 3. The van der Waals surface area contributed by atoms with E-state index in [4.69, 9.17) is 19.6 Å². The molecule has 4 N–H and O–H groups in total. The van der Waals surface area contributed by atoms with Crippen LogP contribution in [0.5, 0.6) is 5.88 Å². The second kappa shape index (κ2) is 9.72. The van der Waals surface area contributed by atoms with E-state index in [0.29, 0.717) is 12.4 Å². The van der Waals surface area contributed by atoms with Crippen molar-refractivity contribution in [1.29, 1.82) is 0 Å². The predicted octanol–water partition coefficient (Wildman–Crippen LogP) is 3.28. The lowest BCUT2D eigenvalue weighted by Crippen LogP contribution is -2.37. The number of para-hydroxylation sites is 1. The molecule has 1 saturated heterocycles. The minimum absolute atomic E-state index is 0.0132. The number of ether oxygens (including phenoxy) is 1. The highest BCUT2D eigenvalue weighted by Crippen LogP contribution is 2.31. The molecule has 180 valence electrons. The number of aromatic amines is 1. The number of halogens is 3. The first kappa shape index (κ1) is 23.6. The first-order chi connectivity index (χ1) is 16.2. The maximum atomic E-state index is 12.1. The summed E-state index contributed by atoms with van der Waals surface area (Å²) in [6.07, 6.45) is -1.92. The molecule has 3 aromatic rings. The van der Waals surface area contributed by atoms with E-state index < -0.39 is 12.1 Å². The van der Waals surface area contributed by atoms with Crippen LogP contribution in [-0.4, -0.2) is 58.9 Å². The lowest BCUT2D eigenvalue weighted by molar-refractivity contribution is -0.192. The highest BCUT2D eigenvalue weighted by Gasteiger charge is 2.38. The fourth-order valence-electron chi connectivity index (χ4n) is 3.94. The molecule has 1 atom stereocenters. The number of aromatic nitrogens is 2. The summed E-state index contributed by atoms with van der Waals surface area (Å²) in [6.45, 7) is 2.59. The van der Waals surface area contributed by atoms with Gasteiger partial charge >= 0.3 is 12.1 Å². The van der Waals surface area contributed by atoms with Crippen LogP contribution in [0.2, 0.25) is 0 Å². The molecule has 0 saturated carbocycles. The Bertz CT molecular complexity index is 1200. The van der Waals surface area contributed by atoms with Gasteiger partial charge in [0.1, 0.15) is 6.10 Å². The van der Waals surface area contributed by atoms with Crippen LogP contribution in [0.4, 0.5) is 13.2 Å². The molecule has 1 amide bonds. The third kappa shape index (κ3) is 5.30. The Labute approximate surface area is 192 Å². The van der Waals surface area contributed by atoms with Crippen molar-refractivity contribution in [3.63, 3.8) is 0 Å². The molecule has 0 aliphatic carbocycles. The summed E-state index contributed by atoms with van der Waals surface area (Å²) in [5.74, 6) is -2.12. The van der Waals surface area contributed by atoms with E-state index in [1.807, 2.05) is 36.4 Å². The number of H-pyrrole nitrogens is 1. The summed E-state index contributed by atoms with van der Waals surface area (Å²) in [7, 11) is 0. The molecule has 0 radical (unpaired) electrons. The molecule has 2 aliphatic rings. The van der Waals surface area contributed by atoms with Crippen LogP contribution in [0.1, 0.15) is 28.9 Å². The van der Waals surface area contributed by atoms with Crippen molar-refractivity contribution >= 4 is 22.8 Å². The predicted molar refractivity (Wildman–Crippen MR) is 118 cm³/mol. The molecule has 1 aromatic carbocycles. The number of nitrogens with one attached hydrogen (secondary N) is 3. The molecule has 2 aromatic heterocycles. The molecule has 0 bridgehead atoms. The van der Waals surface area contributed by atoms with Gasteiger partial charge in [-0.3, -0.25) is 4.79 Å². The van der Waals surface area contributed by atoms with Crippen molar-refractivity contribution < 1.29 is 32.6 Å². The summed E-state index contributed by atoms with van der Waals surface area (Å²) < 4.78 is 37.8. The van der Waals surface area contributed by atoms with Gasteiger partial charge in [-0.05, 0) is 31.5 Å². The Morgan fingerprint density at radius 3 is 2.62 bits per heavy atom. The van der Waals surface area contributed by atoms with E-state index >= 15 is 0 Å². The Kier molecular flexibility index (Phi) is 6.73. The lowest BCUT2D eigenvalue weighted by atomic mass is 10.1. The molecule has 1 fully saturated rings. The van der Waals surface area contributed by atoms with Crippen LogP contribution < -0.4 is 15.4 Å². The number of nitrogens with zero attached hydrogens (tertiary/aromatic N) is 1. The SMILES string of the molecule is O=C(O)C(F)(F)F.O=C1NCCc2[nH]c(-c3cccc4ccc(O[C@@H]5CCCNC5)nc34)cc21. The average molecular weight is 476 g/mol. The second-order valence-electron chi connectivity index (χ2n) is 8.00. The smallest absolute Gasteiger partial charge is 0.475 e. The summed E-state index contributed by atoms with van der Waals surface area (Å²) in [5, 5.41) is 14.4. The summed E-state index contributed by atoms with van der Waals surface area (Å²) in [6, 6.07) is 12.0. The monoisotopic (exact) mass is 476 g/mol. The van der Waals surface area contributed by atoms with Gasteiger partial charge < -0.3 is 25.5 Å². The van der Waals surface area contributed by atoms with Crippen LogP contribution in [0, 0.1) is 0 Å². The number of pyridine rings is 1. The van der Waals surface area contributed by atoms with Gasteiger partial charge in [0.05, 0.1) is 11.1 Å². The van der Waals surface area contributed by atoms with E-state index in [0.717, 1.165) is 65.8 Å². The number of hydrogen-bond acceptors (Lipinski definition) is 5. The van der Waals surface area contributed by atoms with Crippen LogP contribution in [0.25, 0.3) is 22.2 Å². The average Bonchev–Trinajstić information content (AvgIpc) is 3.25. The second-order valence-corrected chi connectivity index (χ2v) is 8.00. The first-order valence-electron chi connectivity index (χ1n) is 10.8. The van der Waals surface area contributed by atoms with Gasteiger partial charge in [0.2, 0.25) is 5.88 Å². The minimum Gasteiger partial charge on any atom is -0.475 e. The van der Waals surface area contributed by atoms with Crippen molar-refractivity contribution in [3.05, 3.63) is 47.7 Å². The molecule has 2 aliphatic heterocycles. The Balaban J connectivity index is 0.000000344. The Morgan fingerprint density at radius 2 is 1.94 bits per heavy atom. The number of fused-ring (bicyclic) bond motifs is 2. The number of hydrogen-bond donors (Lipinski definition) is 4. The third-order valence-corrected chi connectivity index (χ3v) is 5.57. The molecule has 8 nitrogen and oxygen atoms in total. The van der Waals surface area contributed by atoms with Crippen molar-refractivity contribution in [3.8, 4) is 17.1 Å². The van der Waals surface area contributed by atoms with Gasteiger partial charge in [0.25, 0.3) is 5.91 Å². The number of carbonyl (C=O) groups is 2. The number of amides is 1. The molecule has 4 heterocycles. The van der Waals surface area contributed by atoms with E-state index in [9.17, 15) is 18.0 Å². The zero-order chi connectivity index (χ0) is 24.3. The number of carboxylic acid groups (broad SMARTS) is 1. The zero-order valence-corrected chi connectivity index (χ0v) is 18.0. The first-order valence-corrected chi connectivity index (χ1v) is 10.8. The zero-order valence-electron chi connectivity index (χ0n) is 18.0. The summed E-state index contributed by atoms with van der Waals surface area (Å²) >= 11 is 0. The fraction of sp³-hybridized carbons (Fsp3) is 0.348. The van der Waals surface area contributed by atoms with Crippen LogP contribution in [-0.2, 0) is 11.2 Å². The highest BCUT2D eigenvalue weighted by atomic mass is 19.4. The van der Waals surface area contributed by atoms with E-state index in [-0.39, 0.29) is 12.0 Å². The van der Waals surface area contributed by atoms with Crippen LogP contribution >= 0.6 is 0 Å². The molecular weight excluding hydrogens is 453 g/mol. The Morgan fingerprint density at radius 1 is 1.15 bits per heavy atom. The molecule has 34 heavy (non-hydrogen) atoms. The Hall–Kier alpha value is -3.60. The largest absolute Gasteiger partial charge is 0.490 e. The van der Waals surface area contributed by atoms with Crippen molar-refractivity contribution in [2.75, 3.05) is 19.6 Å². The van der Waals surface area contributed by atoms with Gasteiger partial charge in [-0.2, -0.15) is 13.2 Å². The number of carbonyl (C=O) groups excluding carboxylic acids is 1. The van der Waals surface area contributed by atoms with Gasteiger partial charge in [-0.1, -0.05) is 18.2 Å². The summed E-state index contributed by atoms with van der Waals surface area (Å²) in [5.41, 5.74) is 4.52. The minimum atomic E-state index is -5.08. The number of aliphatic carboxylic acids is 1. The number of piperidine rings is 1. The number of carboxylic acids is 1. The van der Waals surface area contributed by atoms with Gasteiger partial charge in [0, 0.05) is 47.9 Å². The molecule has 0 spiro atoms. The van der Waals surface area contributed by atoms with Gasteiger partial charge in [0.15, 0.2) is 0 Å². The van der Waals surface area contributed by atoms with Crippen molar-refractivity contribution in [2.45, 2.75) is 31.5 Å². The van der Waals surface area contributed by atoms with E-state index in [2.05, 4.69) is 15.6 Å². The van der Waals surface area contributed by atoms with Gasteiger partial charge in [-0.25, -0.2) is 9.78 Å². The number of benzene rings is 1. The normalized spacial score (nSPS) is 17.9. The lowest BCUT2D eigenvalue weighted by Gasteiger charge is -2.23. The topological polar surface area (TPSA) is 116 Å². The maximum absolute atomic E-state index is 12.1.